The molecule has 0 fully saturated rings. The van der Waals surface area contributed by atoms with E-state index in [1.54, 1.807) is 26.0 Å². The summed E-state index contributed by atoms with van der Waals surface area (Å²) in [6.45, 7) is 5.92. The Hall–Kier alpha value is -2.92. The van der Waals surface area contributed by atoms with Gasteiger partial charge in [-0.05, 0) is 71.7 Å². The van der Waals surface area contributed by atoms with Crippen molar-refractivity contribution in [1.29, 1.82) is 0 Å². The molecule has 0 heterocycles. The van der Waals surface area contributed by atoms with Gasteiger partial charge in [-0.2, -0.15) is 0 Å². The Labute approximate surface area is 209 Å². The van der Waals surface area contributed by atoms with Crippen molar-refractivity contribution in [2.75, 3.05) is 20.0 Å². The van der Waals surface area contributed by atoms with E-state index in [-0.39, 0.29) is 0 Å². The zero-order valence-corrected chi connectivity index (χ0v) is 21.6. The molecule has 3 aromatic carbocycles. The molecule has 0 saturated heterocycles. The van der Waals surface area contributed by atoms with Crippen LogP contribution < -0.4 is 9.47 Å². The number of aliphatic imine (C=N–C) groups is 1. The summed E-state index contributed by atoms with van der Waals surface area (Å²) in [4.78, 5) is 7.44. The Morgan fingerprint density at radius 1 is 0.735 bits per heavy atom. The number of amidine groups is 1. The van der Waals surface area contributed by atoms with Crippen molar-refractivity contribution in [3.63, 3.8) is 0 Å². The Kier molecular flexibility index (Phi) is 10.4. The summed E-state index contributed by atoms with van der Waals surface area (Å²) < 4.78 is 10.7. The number of ether oxygens (including phenoxy) is 2. The molecule has 0 radical (unpaired) electrons. The van der Waals surface area contributed by atoms with Gasteiger partial charge in [0, 0.05) is 13.1 Å². The summed E-state index contributed by atoms with van der Waals surface area (Å²) in [6.07, 6.45) is 3.55. The number of unbranched alkanes of at least 4 members (excludes halogenated alkanes) is 1. The van der Waals surface area contributed by atoms with E-state index in [1.165, 1.54) is 29.5 Å². The zero-order chi connectivity index (χ0) is 24.2. The van der Waals surface area contributed by atoms with Crippen LogP contribution in [0.25, 0.3) is 0 Å². The van der Waals surface area contributed by atoms with Gasteiger partial charge in [0.25, 0.3) is 0 Å². The highest BCUT2D eigenvalue weighted by Crippen LogP contribution is 2.24. The second-order valence-electron chi connectivity index (χ2n) is 8.15. The van der Waals surface area contributed by atoms with Crippen LogP contribution in [-0.4, -0.2) is 30.0 Å². The third-order valence-electron chi connectivity index (χ3n) is 5.59. The maximum absolute atomic E-state index is 5.34. The molecule has 0 amide bonds. The average Bonchev–Trinajstić information content (AvgIpc) is 2.88. The zero-order valence-electron chi connectivity index (χ0n) is 20.8. The van der Waals surface area contributed by atoms with E-state index >= 15 is 0 Å². The highest BCUT2D eigenvalue weighted by molar-refractivity contribution is 8.13. The lowest BCUT2D eigenvalue weighted by molar-refractivity contribution is 0.405. The Morgan fingerprint density at radius 3 is 1.68 bits per heavy atom. The largest absolute Gasteiger partial charge is 0.497 e. The first-order valence-electron chi connectivity index (χ1n) is 12.0. The fourth-order valence-corrected chi connectivity index (χ4v) is 4.39. The fraction of sp³-hybridized carbons (Fsp3) is 0.345. The fourth-order valence-electron chi connectivity index (χ4n) is 3.65. The molecule has 0 aliphatic rings. The Balaban J connectivity index is 1.89. The molecule has 0 aliphatic carbocycles. The van der Waals surface area contributed by atoms with Crippen molar-refractivity contribution in [3.05, 3.63) is 89.5 Å². The highest BCUT2D eigenvalue weighted by atomic mass is 32.2. The molecule has 3 aromatic rings. The average molecular weight is 477 g/mol. The minimum absolute atomic E-state index is 0.760. The van der Waals surface area contributed by atoms with E-state index in [0.29, 0.717) is 0 Å². The molecule has 0 aliphatic heterocycles. The van der Waals surface area contributed by atoms with Crippen LogP contribution in [0.5, 0.6) is 11.5 Å². The summed E-state index contributed by atoms with van der Waals surface area (Å²) in [5, 5.41) is 1.02. The maximum Gasteiger partial charge on any atom is 0.164 e. The topological polar surface area (TPSA) is 34.1 Å². The van der Waals surface area contributed by atoms with Crippen molar-refractivity contribution in [3.8, 4) is 11.5 Å². The lowest BCUT2D eigenvalue weighted by atomic mass is 10.1. The molecular weight excluding hydrogens is 440 g/mol. The van der Waals surface area contributed by atoms with Crippen LogP contribution >= 0.6 is 11.8 Å². The summed E-state index contributed by atoms with van der Waals surface area (Å²) in [6, 6.07) is 25.2. The van der Waals surface area contributed by atoms with E-state index in [2.05, 4.69) is 67.3 Å². The summed E-state index contributed by atoms with van der Waals surface area (Å²) in [7, 11) is 3.39. The van der Waals surface area contributed by atoms with Gasteiger partial charge in [-0.3, -0.25) is 0 Å². The number of thioether (sulfide) groups is 1. The molecule has 0 unspecified atom stereocenters. The van der Waals surface area contributed by atoms with E-state index in [9.17, 15) is 0 Å². The number of benzene rings is 3. The SMILES string of the molecule is CCCCc1ccc(N=C(SCC)N(Cc2ccc(OC)cc2)Cc2ccc(OC)cc2)cc1. The van der Waals surface area contributed by atoms with Crippen LogP contribution in [0, 0.1) is 0 Å². The third kappa shape index (κ3) is 7.84. The van der Waals surface area contributed by atoms with Gasteiger partial charge in [-0.25, -0.2) is 4.99 Å². The van der Waals surface area contributed by atoms with Gasteiger partial charge in [0.05, 0.1) is 19.9 Å². The second kappa shape index (κ2) is 13.7. The van der Waals surface area contributed by atoms with Crippen LogP contribution in [0.2, 0.25) is 0 Å². The lowest BCUT2D eigenvalue weighted by Crippen LogP contribution is -2.28. The normalized spacial score (nSPS) is 11.4. The van der Waals surface area contributed by atoms with Gasteiger partial charge in [-0.15, -0.1) is 0 Å². The monoisotopic (exact) mass is 476 g/mol. The molecule has 0 saturated carbocycles. The van der Waals surface area contributed by atoms with Crippen molar-refractivity contribution in [2.24, 2.45) is 4.99 Å². The first-order chi connectivity index (χ1) is 16.6. The van der Waals surface area contributed by atoms with Gasteiger partial charge in [0.2, 0.25) is 0 Å². The van der Waals surface area contributed by atoms with Crippen LogP contribution in [0.15, 0.2) is 77.8 Å². The molecular formula is C29H36N2O2S. The molecule has 34 heavy (non-hydrogen) atoms. The molecule has 0 spiro atoms. The summed E-state index contributed by atoms with van der Waals surface area (Å²) in [5.41, 5.74) is 4.80. The van der Waals surface area contributed by atoms with Crippen LogP contribution in [0.4, 0.5) is 5.69 Å². The highest BCUT2D eigenvalue weighted by Gasteiger charge is 2.14. The molecule has 5 heteroatoms. The van der Waals surface area contributed by atoms with Gasteiger partial charge >= 0.3 is 0 Å². The molecule has 4 nitrogen and oxygen atoms in total. The Morgan fingerprint density at radius 2 is 1.24 bits per heavy atom. The van der Waals surface area contributed by atoms with Gasteiger partial charge in [-0.1, -0.05) is 68.4 Å². The van der Waals surface area contributed by atoms with Crippen molar-refractivity contribution in [1.82, 2.24) is 4.90 Å². The van der Waals surface area contributed by atoms with Crippen molar-refractivity contribution >= 4 is 22.6 Å². The molecule has 0 aromatic heterocycles. The predicted octanol–water partition coefficient (Wildman–Crippen LogP) is 7.49. The standard InChI is InChI=1S/C29H36N2O2S/c1-5-7-8-23-9-15-26(16-10-23)30-29(34-6-2)31(21-24-11-17-27(32-3)18-12-24)22-25-13-19-28(33-4)20-14-25/h9-20H,5-8,21-22H2,1-4H3. The first-order valence-corrected chi connectivity index (χ1v) is 12.9. The van der Waals surface area contributed by atoms with Gasteiger partial charge < -0.3 is 14.4 Å². The molecule has 180 valence electrons. The number of nitrogens with zero attached hydrogens (tertiary/aromatic N) is 2. The van der Waals surface area contributed by atoms with Crippen LogP contribution in [-0.2, 0) is 19.5 Å². The number of hydrogen-bond donors (Lipinski definition) is 0. The molecule has 3 rings (SSSR count). The van der Waals surface area contributed by atoms with Crippen molar-refractivity contribution in [2.45, 2.75) is 46.2 Å². The number of methoxy groups -OCH3 is 2. The minimum atomic E-state index is 0.760. The number of aryl methyl sites for hydroxylation is 1. The molecule has 0 atom stereocenters. The molecule has 0 bridgehead atoms. The van der Waals surface area contributed by atoms with E-state index < -0.39 is 0 Å². The number of hydrogen-bond acceptors (Lipinski definition) is 4. The lowest BCUT2D eigenvalue weighted by Gasteiger charge is -2.26. The van der Waals surface area contributed by atoms with Gasteiger partial charge in [0.1, 0.15) is 11.5 Å². The quantitative estimate of drug-likeness (QED) is 0.212. The predicted molar refractivity (Wildman–Crippen MR) is 146 cm³/mol. The van der Waals surface area contributed by atoms with Crippen LogP contribution in [0.3, 0.4) is 0 Å². The number of rotatable bonds is 11. The smallest absolute Gasteiger partial charge is 0.164 e. The summed E-state index contributed by atoms with van der Waals surface area (Å²) >= 11 is 1.78. The van der Waals surface area contributed by atoms with Gasteiger partial charge in [0.15, 0.2) is 5.17 Å². The van der Waals surface area contributed by atoms with E-state index in [0.717, 1.165) is 47.6 Å². The second-order valence-corrected chi connectivity index (χ2v) is 9.38. The maximum atomic E-state index is 5.34. The van der Waals surface area contributed by atoms with E-state index in [1.807, 2.05) is 24.3 Å². The van der Waals surface area contributed by atoms with E-state index in [4.69, 9.17) is 14.5 Å². The van der Waals surface area contributed by atoms with Crippen LogP contribution in [0.1, 0.15) is 43.4 Å². The minimum Gasteiger partial charge on any atom is -0.497 e. The Bertz CT molecular complexity index is 966. The van der Waals surface area contributed by atoms with Crippen molar-refractivity contribution < 1.29 is 9.47 Å². The summed E-state index contributed by atoms with van der Waals surface area (Å²) in [5.74, 6) is 2.69. The molecule has 0 N–H and O–H groups in total. The third-order valence-corrected chi connectivity index (χ3v) is 6.49. The first kappa shape index (κ1) is 25.7.